The topological polar surface area (TPSA) is 51.4 Å². The average molecular weight is 377 g/mol. The van der Waals surface area contributed by atoms with Crippen LogP contribution in [0.3, 0.4) is 0 Å². The minimum atomic E-state index is -3.84. The van der Waals surface area contributed by atoms with Gasteiger partial charge in [0.15, 0.2) is 0 Å². The summed E-state index contributed by atoms with van der Waals surface area (Å²) in [6.45, 7) is 2.23. The first-order chi connectivity index (χ1) is 11.4. The van der Waals surface area contributed by atoms with Crippen LogP contribution in [0.4, 0.5) is 0 Å². The molecule has 3 aromatic rings. The van der Waals surface area contributed by atoms with Crippen molar-refractivity contribution in [2.75, 3.05) is 0 Å². The van der Waals surface area contributed by atoms with Gasteiger partial charge in [-0.2, -0.15) is 8.42 Å². The van der Waals surface area contributed by atoms with Gasteiger partial charge < -0.3 is 4.57 Å². The molecule has 1 aromatic heterocycles. The van der Waals surface area contributed by atoms with Crippen molar-refractivity contribution < 1.29 is 8.42 Å². The zero-order valence-corrected chi connectivity index (χ0v) is 15.1. The van der Waals surface area contributed by atoms with Crippen molar-refractivity contribution in [2.24, 2.45) is 4.40 Å². The van der Waals surface area contributed by atoms with Crippen LogP contribution in [0.2, 0.25) is 5.02 Å². The summed E-state index contributed by atoms with van der Waals surface area (Å²) < 4.78 is 31.8. The monoisotopic (exact) mass is 376 g/mol. The van der Waals surface area contributed by atoms with Gasteiger partial charge in [0.25, 0.3) is 10.0 Å². The van der Waals surface area contributed by atoms with Crippen LogP contribution in [0.1, 0.15) is 5.56 Å². The lowest BCUT2D eigenvalue weighted by molar-refractivity contribution is 0.596. The van der Waals surface area contributed by atoms with Gasteiger partial charge in [0.2, 0.25) is 4.80 Å². The number of hydrogen-bond donors (Lipinski definition) is 0. The van der Waals surface area contributed by atoms with Crippen LogP contribution in [0.15, 0.2) is 51.8 Å². The van der Waals surface area contributed by atoms with Crippen LogP contribution in [0.5, 0.6) is 0 Å². The highest BCUT2D eigenvalue weighted by atomic mass is 35.5. The quantitative estimate of drug-likeness (QED) is 0.656. The number of rotatable bonds is 3. The minimum Gasteiger partial charge on any atom is -0.304 e. The largest absolute Gasteiger partial charge is 0.304 e. The van der Waals surface area contributed by atoms with Gasteiger partial charge in [0.1, 0.15) is 0 Å². The summed E-state index contributed by atoms with van der Waals surface area (Å²) in [4.78, 5) is 0.441. The Morgan fingerprint density at radius 1 is 1.25 bits per heavy atom. The van der Waals surface area contributed by atoms with Crippen LogP contribution < -0.4 is 4.80 Å². The third kappa shape index (κ3) is 3.24. The van der Waals surface area contributed by atoms with E-state index in [1.165, 1.54) is 35.6 Å². The van der Waals surface area contributed by atoms with E-state index in [4.69, 9.17) is 18.0 Å². The van der Waals surface area contributed by atoms with E-state index in [0.29, 0.717) is 9.82 Å². The number of terminal acetylenes is 1. The first kappa shape index (κ1) is 16.8. The van der Waals surface area contributed by atoms with E-state index in [0.717, 1.165) is 15.8 Å². The van der Waals surface area contributed by atoms with Crippen molar-refractivity contribution in [1.82, 2.24) is 4.57 Å². The Bertz CT molecular complexity index is 1120. The lowest BCUT2D eigenvalue weighted by Gasteiger charge is -2.01. The summed E-state index contributed by atoms with van der Waals surface area (Å²) in [5.41, 5.74) is 1.96. The van der Waals surface area contributed by atoms with E-state index in [-0.39, 0.29) is 11.4 Å². The molecule has 0 fully saturated rings. The second kappa shape index (κ2) is 6.44. The van der Waals surface area contributed by atoms with Gasteiger partial charge in [0.05, 0.1) is 21.7 Å². The third-order valence-electron chi connectivity index (χ3n) is 3.40. The van der Waals surface area contributed by atoms with Crippen LogP contribution in [-0.4, -0.2) is 13.0 Å². The molecule has 0 amide bonds. The number of aryl methyl sites for hydroxylation is 1. The van der Waals surface area contributed by atoms with Crippen molar-refractivity contribution in [3.8, 4) is 12.3 Å². The molecule has 122 valence electrons. The Morgan fingerprint density at radius 3 is 2.62 bits per heavy atom. The molecule has 0 unspecified atom stereocenters. The van der Waals surface area contributed by atoms with E-state index in [1.807, 2.05) is 25.1 Å². The second-order valence-corrected chi connectivity index (χ2v) is 8.22. The first-order valence-corrected chi connectivity index (χ1v) is 9.64. The maximum Gasteiger partial charge on any atom is 0.285 e. The Kier molecular flexibility index (Phi) is 4.50. The SMILES string of the molecule is C#CCn1c(=NS(=O)(=O)c2ccc(Cl)cc2)sc2cc(C)ccc21. The number of fused-ring (bicyclic) bond motifs is 1. The van der Waals surface area contributed by atoms with E-state index in [2.05, 4.69) is 10.3 Å². The molecule has 1 heterocycles. The number of nitrogens with zero attached hydrogens (tertiary/aromatic N) is 2. The highest BCUT2D eigenvalue weighted by molar-refractivity contribution is 7.90. The van der Waals surface area contributed by atoms with Gasteiger partial charge in [-0.25, -0.2) is 0 Å². The van der Waals surface area contributed by atoms with E-state index in [9.17, 15) is 8.42 Å². The molecule has 0 aliphatic heterocycles. The molecule has 0 spiro atoms. The fourth-order valence-electron chi connectivity index (χ4n) is 2.26. The molecule has 0 N–H and O–H groups in total. The number of aromatic nitrogens is 1. The molecule has 0 radical (unpaired) electrons. The van der Waals surface area contributed by atoms with Crippen molar-refractivity contribution in [2.45, 2.75) is 18.4 Å². The molecule has 0 saturated carbocycles. The highest BCUT2D eigenvalue weighted by Crippen LogP contribution is 2.20. The highest BCUT2D eigenvalue weighted by Gasteiger charge is 2.14. The predicted molar refractivity (Wildman–Crippen MR) is 97.6 cm³/mol. The Labute approximate surface area is 149 Å². The smallest absolute Gasteiger partial charge is 0.285 e. The van der Waals surface area contributed by atoms with Gasteiger partial charge in [-0.3, -0.25) is 0 Å². The van der Waals surface area contributed by atoms with Crippen molar-refractivity contribution in [3.63, 3.8) is 0 Å². The van der Waals surface area contributed by atoms with Crippen molar-refractivity contribution in [1.29, 1.82) is 0 Å². The van der Waals surface area contributed by atoms with E-state index >= 15 is 0 Å². The predicted octanol–water partition coefficient (Wildman–Crippen LogP) is 3.59. The molecular formula is C17H13ClN2O2S2. The summed E-state index contributed by atoms with van der Waals surface area (Å²) in [5, 5.41) is 0.466. The molecular weight excluding hydrogens is 364 g/mol. The molecule has 0 aliphatic carbocycles. The second-order valence-electron chi connectivity index (χ2n) is 5.17. The lowest BCUT2D eigenvalue weighted by Crippen LogP contribution is -2.16. The summed E-state index contributed by atoms with van der Waals surface area (Å²) >= 11 is 7.11. The number of halogens is 1. The number of thiazole rings is 1. The molecule has 2 aromatic carbocycles. The minimum absolute atomic E-state index is 0.0906. The normalized spacial score (nSPS) is 12.5. The van der Waals surface area contributed by atoms with Crippen LogP contribution in [-0.2, 0) is 16.6 Å². The summed E-state index contributed by atoms with van der Waals surface area (Å²) in [6.07, 6.45) is 5.43. The molecule has 4 nitrogen and oxygen atoms in total. The summed E-state index contributed by atoms with van der Waals surface area (Å²) in [5.74, 6) is 2.55. The van der Waals surface area contributed by atoms with Crippen molar-refractivity contribution >= 4 is 43.2 Å². The van der Waals surface area contributed by atoms with Crippen LogP contribution in [0.25, 0.3) is 10.2 Å². The average Bonchev–Trinajstić information content (AvgIpc) is 2.84. The zero-order chi connectivity index (χ0) is 17.3. The van der Waals surface area contributed by atoms with Gasteiger partial charge >= 0.3 is 0 Å². The third-order valence-corrected chi connectivity index (χ3v) is 6.09. The van der Waals surface area contributed by atoms with Gasteiger partial charge in [-0.1, -0.05) is 34.9 Å². The molecule has 0 aliphatic rings. The Hall–Kier alpha value is -2.07. The summed E-state index contributed by atoms with van der Waals surface area (Å²) in [6, 6.07) is 11.8. The Morgan fingerprint density at radius 2 is 1.96 bits per heavy atom. The van der Waals surface area contributed by atoms with E-state index < -0.39 is 10.0 Å². The molecule has 3 rings (SSSR count). The molecule has 0 bridgehead atoms. The maximum absolute atomic E-state index is 12.5. The maximum atomic E-state index is 12.5. The first-order valence-electron chi connectivity index (χ1n) is 7.01. The number of benzene rings is 2. The number of hydrogen-bond acceptors (Lipinski definition) is 3. The van der Waals surface area contributed by atoms with Crippen LogP contribution >= 0.6 is 22.9 Å². The zero-order valence-electron chi connectivity index (χ0n) is 12.7. The Balaban J connectivity index is 2.24. The van der Waals surface area contributed by atoms with Gasteiger partial charge in [-0.05, 0) is 48.9 Å². The lowest BCUT2D eigenvalue weighted by atomic mass is 10.2. The van der Waals surface area contributed by atoms with Gasteiger partial charge in [-0.15, -0.1) is 10.8 Å². The number of sulfonamides is 1. The fourth-order valence-corrected chi connectivity index (χ4v) is 4.71. The standard InChI is InChI=1S/C17H13ClN2O2S2/c1-3-10-20-15-9-4-12(2)11-16(15)23-17(20)19-24(21,22)14-7-5-13(18)6-8-14/h1,4-9,11H,10H2,2H3. The van der Waals surface area contributed by atoms with E-state index in [1.54, 1.807) is 4.57 Å². The molecule has 7 heteroatoms. The summed E-state index contributed by atoms with van der Waals surface area (Å²) in [7, 11) is -3.84. The molecule has 24 heavy (non-hydrogen) atoms. The fraction of sp³-hybridized carbons (Fsp3) is 0.118. The molecule has 0 saturated heterocycles. The van der Waals surface area contributed by atoms with Gasteiger partial charge in [0, 0.05) is 5.02 Å². The van der Waals surface area contributed by atoms with Crippen LogP contribution in [0, 0.1) is 19.3 Å². The molecule has 0 atom stereocenters. The van der Waals surface area contributed by atoms with Crippen molar-refractivity contribution in [3.05, 3.63) is 57.9 Å².